The summed E-state index contributed by atoms with van der Waals surface area (Å²) in [5, 5.41) is 3.37. The summed E-state index contributed by atoms with van der Waals surface area (Å²) in [5.74, 6) is 2.45. The molecule has 0 saturated carbocycles. The van der Waals surface area contributed by atoms with E-state index in [1.165, 1.54) is 6.42 Å². The molecule has 0 atom stereocenters. The van der Waals surface area contributed by atoms with Crippen LogP contribution in [0.5, 0.6) is 5.75 Å². The molecule has 1 aromatic heterocycles. The third-order valence-corrected chi connectivity index (χ3v) is 3.10. The highest BCUT2D eigenvalue weighted by atomic mass is 16.5. The lowest BCUT2D eigenvalue weighted by Gasteiger charge is -2.01. The molecule has 4 nitrogen and oxygen atoms in total. The molecule has 1 N–H and O–H groups in total. The van der Waals surface area contributed by atoms with Gasteiger partial charge in [0.2, 0.25) is 0 Å². The van der Waals surface area contributed by atoms with Crippen LogP contribution < -0.4 is 10.1 Å². The molecule has 2 rings (SSSR count). The van der Waals surface area contributed by atoms with Crippen molar-refractivity contribution in [3.63, 3.8) is 0 Å². The van der Waals surface area contributed by atoms with Crippen molar-refractivity contribution in [2.75, 3.05) is 20.2 Å². The van der Waals surface area contributed by atoms with E-state index in [1.54, 1.807) is 13.3 Å². The second-order valence-corrected chi connectivity index (χ2v) is 4.70. The maximum Gasteiger partial charge on any atom is 0.194 e. The average molecular weight is 274 g/mol. The Balaban J connectivity index is 1.87. The maximum absolute atomic E-state index is 5.77. The van der Waals surface area contributed by atoms with Crippen LogP contribution in [0.4, 0.5) is 0 Å². The fourth-order valence-electron chi connectivity index (χ4n) is 1.98. The first kappa shape index (κ1) is 14.6. The minimum atomic E-state index is 0.800. The summed E-state index contributed by atoms with van der Waals surface area (Å²) >= 11 is 0. The summed E-state index contributed by atoms with van der Waals surface area (Å²) in [6, 6.07) is 7.80. The van der Waals surface area contributed by atoms with E-state index in [9.17, 15) is 0 Å². The smallest absolute Gasteiger partial charge is 0.194 e. The van der Waals surface area contributed by atoms with E-state index < -0.39 is 0 Å². The Labute approximate surface area is 120 Å². The Morgan fingerprint density at radius 1 is 1.20 bits per heavy atom. The molecule has 0 aliphatic rings. The van der Waals surface area contributed by atoms with Crippen molar-refractivity contribution >= 4 is 0 Å². The molecule has 0 radical (unpaired) electrons. The standard InChI is InChI=1S/C16H22N2O2/c1-3-10-17-11-4-5-16-18-12-15(20-16)13-6-8-14(19-2)9-7-13/h6-9,12,17H,3-5,10-11H2,1-2H3. The molecule has 0 unspecified atom stereocenters. The molecule has 1 heterocycles. The summed E-state index contributed by atoms with van der Waals surface area (Å²) < 4.78 is 10.9. The van der Waals surface area contributed by atoms with Crippen LogP contribution in [0.15, 0.2) is 34.9 Å². The molecule has 0 aliphatic heterocycles. The molecule has 0 aliphatic carbocycles. The third kappa shape index (κ3) is 4.10. The summed E-state index contributed by atoms with van der Waals surface area (Å²) in [7, 11) is 1.66. The van der Waals surface area contributed by atoms with Crippen LogP contribution in [-0.2, 0) is 6.42 Å². The lowest BCUT2D eigenvalue weighted by atomic mass is 10.2. The largest absolute Gasteiger partial charge is 0.497 e. The molecule has 108 valence electrons. The fourth-order valence-corrected chi connectivity index (χ4v) is 1.98. The van der Waals surface area contributed by atoms with Crippen molar-refractivity contribution in [2.45, 2.75) is 26.2 Å². The van der Waals surface area contributed by atoms with Gasteiger partial charge in [-0.15, -0.1) is 0 Å². The predicted molar refractivity (Wildman–Crippen MR) is 80.0 cm³/mol. The van der Waals surface area contributed by atoms with Crippen LogP contribution >= 0.6 is 0 Å². The van der Waals surface area contributed by atoms with Crippen molar-refractivity contribution in [3.05, 3.63) is 36.4 Å². The number of nitrogens with zero attached hydrogens (tertiary/aromatic N) is 1. The van der Waals surface area contributed by atoms with Crippen molar-refractivity contribution in [3.8, 4) is 17.1 Å². The molecule has 0 spiro atoms. The first-order valence-corrected chi connectivity index (χ1v) is 7.13. The Morgan fingerprint density at radius 3 is 2.70 bits per heavy atom. The molecule has 2 aromatic rings. The van der Waals surface area contributed by atoms with E-state index in [0.717, 1.165) is 48.9 Å². The lowest BCUT2D eigenvalue weighted by molar-refractivity contribution is 0.415. The van der Waals surface area contributed by atoms with Crippen LogP contribution in [0.1, 0.15) is 25.7 Å². The van der Waals surface area contributed by atoms with Crippen molar-refractivity contribution in [1.29, 1.82) is 0 Å². The lowest BCUT2D eigenvalue weighted by Crippen LogP contribution is -2.16. The Hall–Kier alpha value is -1.81. The third-order valence-electron chi connectivity index (χ3n) is 3.10. The highest BCUT2D eigenvalue weighted by molar-refractivity contribution is 5.57. The molecular formula is C16H22N2O2. The van der Waals surface area contributed by atoms with Crippen LogP contribution in [0.25, 0.3) is 11.3 Å². The zero-order valence-electron chi connectivity index (χ0n) is 12.2. The van der Waals surface area contributed by atoms with Crippen LogP contribution in [0.3, 0.4) is 0 Å². The SMILES string of the molecule is CCCNCCCc1ncc(-c2ccc(OC)cc2)o1. The van der Waals surface area contributed by atoms with Gasteiger partial charge >= 0.3 is 0 Å². The first-order valence-electron chi connectivity index (χ1n) is 7.13. The van der Waals surface area contributed by atoms with Gasteiger partial charge in [-0.05, 0) is 50.2 Å². The second-order valence-electron chi connectivity index (χ2n) is 4.70. The van der Waals surface area contributed by atoms with Gasteiger partial charge in [0.25, 0.3) is 0 Å². The molecular weight excluding hydrogens is 252 g/mol. The molecule has 0 saturated heterocycles. The fraction of sp³-hybridized carbons (Fsp3) is 0.438. The van der Waals surface area contributed by atoms with Gasteiger partial charge in [-0.3, -0.25) is 0 Å². The van der Waals surface area contributed by atoms with E-state index in [-0.39, 0.29) is 0 Å². The van der Waals surface area contributed by atoms with Gasteiger partial charge in [-0.2, -0.15) is 0 Å². The summed E-state index contributed by atoms with van der Waals surface area (Å²) in [4.78, 5) is 4.33. The zero-order valence-corrected chi connectivity index (χ0v) is 12.2. The van der Waals surface area contributed by atoms with E-state index in [4.69, 9.17) is 9.15 Å². The van der Waals surface area contributed by atoms with Crippen LogP contribution in [0, 0.1) is 0 Å². The van der Waals surface area contributed by atoms with E-state index >= 15 is 0 Å². The molecule has 1 aromatic carbocycles. The molecule has 0 amide bonds. The quantitative estimate of drug-likeness (QED) is 0.750. The monoisotopic (exact) mass is 274 g/mol. The Bertz CT molecular complexity index is 505. The first-order chi connectivity index (χ1) is 9.83. The average Bonchev–Trinajstić information content (AvgIpc) is 2.96. The van der Waals surface area contributed by atoms with E-state index in [2.05, 4.69) is 17.2 Å². The van der Waals surface area contributed by atoms with Gasteiger partial charge in [0, 0.05) is 12.0 Å². The second kappa shape index (κ2) is 7.70. The molecule has 0 fully saturated rings. The van der Waals surface area contributed by atoms with E-state index in [0.29, 0.717) is 0 Å². The summed E-state index contributed by atoms with van der Waals surface area (Å²) in [6.07, 6.45) is 4.87. The number of nitrogens with one attached hydrogen (secondary N) is 1. The van der Waals surface area contributed by atoms with Gasteiger partial charge in [-0.25, -0.2) is 4.98 Å². The Kier molecular flexibility index (Phi) is 5.62. The number of methoxy groups -OCH3 is 1. The van der Waals surface area contributed by atoms with Gasteiger partial charge in [-0.1, -0.05) is 6.92 Å². The van der Waals surface area contributed by atoms with Crippen LogP contribution in [-0.4, -0.2) is 25.2 Å². The number of hydrogen-bond donors (Lipinski definition) is 1. The normalized spacial score (nSPS) is 10.7. The van der Waals surface area contributed by atoms with Crippen molar-refractivity contribution < 1.29 is 9.15 Å². The van der Waals surface area contributed by atoms with Gasteiger partial charge in [0.1, 0.15) is 5.75 Å². The highest BCUT2D eigenvalue weighted by Crippen LogP contribution is 2.23. The number of benzene rings is 1. The number of oxazole rings is 1. The minimum Gasteiger partial charge on any atom is -0.497 e. The van der Waals surface area contributed by atoms with E-state index in [1.807, 2.05) is 24.3 Å². The number of hydrogen-bond acceptors (Lipinski definition) is 4. The minimum absolute atomic E-state index is 0.800. The predicted octanol–water partition coefficient (Wildman–Crippen LogP) is 3.28. The number of aryl methyl sites for hydroxylation is 1. The van der Waals surface area contributed by atoms with Crippen molar-refractivity contribution in [2.24, 2.45) is 0 Å². The van der Waals surface area contributed by atoms with Gasteiger partial charge < -0.3 is 14.5 Å². The van der Waals surface area contributed by atoms with Gasteiger partial charge in [0.05, 0.1) is 13.3 Å². The number of rotatable bonds is 8. The highest BCUT2D eigenvalue weighted by Gasteiger charge is 2.06. The molecule has 4 heteroatoms. The molecule has 0 bridgehead atoms. The summed E-state index contributed by atoms with van der Waals surface area (Å²) in [5.41, 5.74) is 1.02. The zero-order chi connectivity index (χ0) is 14.2. The van der Waals surface area contributed by atoms with Crippen molar-refractivity contribution in [1.82, 2.24) is 10.3 Å². The number of aromatic nitrogens is 1. The summed E-state index contributed by atoms with van der Waals surface area (Å²) in [6.45, 7) is 4.25. The topological polar surface area (TPSA) is 47.3 Å². The molecule has 20 heavy (non-hydrogen) atoms. The maximum atomic E-state index is 5.77. The number of ether oxygens (including phenoxy) is 1. The Morgan fingerprint density at radius 2 is 2.00 bits per heavy atom. The van der Waals surface area contributed by atoms with Crippen LogP contribution in [0.2, 0.25) is 0 Å². The van der Waals surface area contributed by atoms with Gasteiger partial charge in [0.15, 0.2) is 11.7 Å².